The molecular formula is C14H22N2O2. The first-order valence-corrected chi connectivity index (χ1v) is 6.58. The van der Waals surface area contributed by atoms with Gasteiger partial charge in [-0.05, 0) is 19.9 Å². The molecule has 1 aromatic carbocycles. The van der Waals surface area contributed by atoms with Crippen LogP contribution >= 0.6 is 0 Å². The third kappa shape index (κ3) is 4.45. The Morgan fingerprint density at radius 3 is 2.67 bits per heavy atom. The van der Waals surface area contributed by atoms with Crippen LogP contribution in [0.3, 0.4) is 0 Å². The van der Waals surface area contributed by atoms with Crippen molar-refractivity contribution in [2.45, 2.75) is 45.1 Å². The molecule has 0 aliphatic rings. The second-order valence-electron chi connectivity index (χ2n) is 4.57. The number of nitrogens with one attached hydrogen (secondary N) is 1. The van der Waals surface area contributed by atoms with Crippen molar-refractivity contribution in [2.24, 2.45) is 0 Å². The van der Waals surface area contributed by atoms with Crippen LogP contribution in [0.15, 0.2) is 24.3 Å². The lowest BCUT2D eigenvalue weighted by molar-refractivity contribution is -0.385. The summed E-state index contributed by atoms with van der Waals surface area (Å²) in [5.74, 6) is 0. The molecule has 0 heterocycles. The molecule has 4 heteroatoms. The van der Waals surface area contributed by atoms with Crippen molar-refractivity contribution in [1.29, 1.82) is 0 Å². The fourth-order valence-electron chi connectivity index (χ4n) is 2.12. The molecule has 0 amide bonds. The zero-order chi connectivity index (χ0) is 13.4. The molecule has 1 N–H and O–H groups in total. The van der Waals surface area contributed by atoms with Gasteiger partial charge in [-0.3, -0.25) is 10.1 Å². The zero-order valence-corrected chi connectivity index (χ0v) is 11.2. The lowest BCUT2D eigenvalue weighted by Crippen LogP contribution is -2.27. The molecule has 1 rings (SSSR count). The van der Waals surface area contributed by atoms with Crippen LogP contribution in [-0.4, -0.2) is 18.0 Å². The number of hydrogen-bond acceptors (Lipinski definition) is 3. The summed E-state index contributed by atoms with van der Waals surface area (Å²) in [6.07, 6.45) is 5.37. The number of rotatable bonds is 8. The summed E-state index contributed by atoms with van der Waals surface area (Å²) >= 11 is 0. The van der Waals surface area contributed by atoms with Gasteiger partial charge < -0.3 is 5.32 Å². The SMILES string of the molecule is CCCCCC(Cc1ccccc1[N+](=O)[O-])NC. The van der Waals surface area contributed by atoms with E-state index >= 15 is 0 Å². The average molecular weight is 250 g/mol. The minimum atomic E-state index is -0.298. The summed E-state index contributed by atoms with van der Waals surface area (Å²) in [6, 6.07) is 7.32. The number of hydrogen-bond donors (Lipinski definition) is 1. The highest BCUT2D eigenvalue weighted by molar-refractivity contribution is 5.40. The van der Waals surface area contributed by atoms with Crippen molar-refractivity contribution in [2.75, 3.05) is 7.05 Å². The Morgan fingerprint density at radius 2 is 2.06 bits per heavy atom. The first kappa shape index (κ1) is 14.6. The molecule has 0 spiro atoms. The predicted octanol–water partition coefficient (Wildman–Crippen LogP) is 3.31. The van der Waals surface area contributed by atoms with Crippen LogP contribution in [0.2, 0.25) is 0 Å². The van der Waals surface area contributed by atoms with Crippen LogP contribution < -0.4 is 5.32 Å². The molecule has 1 unspecified atom stereocenters. The first-order chi connectivity index (χ1) is 8.69. The van der Waals surface area contributed by atoms with Crippen molar-refractivity contribution in [3.05, 3.63) is 39.9 Å². The molecule has 0 fully saturated rings. The van der Waals surface area contributed by atoms with Gasteiger partial charge in [-0.1, -0.05) is 44.4 Å². The highest BCUT2D eigenvalue weighted by Gasteiger charge is 2.16. The molecule has 0 saturated heterocycles. The monoisotopic (exact) mass is 250 g/mol. The van der Waals surface area contributed by atoms with Crippen LogP contribution in [-0.2, 0) is 6.42 Å². The number of unbranched alkanes of at least 4 members (excludes halogenated alkanes) is 2. The van der Waals surface area contributed by atoms with Gasteiger partial charge in [-0.15, -0.1) is 0 Å². The van der Waals surface area contributed by atoms with Gasteiger partial charge in [0.25, 0.3) is 5.69 Å². The van der Waals surface area contributed by atoms with E-state index in [0.29, 0.717) is 6.04 Å². The third-order valence-corrected chi connectivity index (χ3v) is 3.22. The molecule has 18 heavy (non-hydrogen) atoms. The number of benzene rings is 1. The van der Waals surface area contributed by atoms with E-state index < -0.39 is 0 Å². The molecule has 0 aliphatic carbocycles. The van der Waals surface area contributed by atoms with Crippen molar-refractivity contribution < 1.29 is 4.92 Å². The summed E-state index contributed by atoms with van der Waals surface area (Å²) in [5.41, 5.74) is 1.05. The molecule has 100 valence electrons. The number of para-hydroxylation sites is 1. The zero-order valence-electron chi connectivity index (χ0n) is 11.2. The molecular weight excluding hydrogens is 228 g/mol. The Kier molecular flexibility index (Phi) is 6.36. The lowest BCUT2D eigenvalue weighted by Gasteiger charge is -2.15. The highest BCUT2D eigenvalue weighted by atomic mass is 16.6. The van der Waals surface area contributed by atoms with Crippen LogP contribution in [0, 0.1) is 10.1 Å². The Hall–Kier alpha value is -1.42. The maximum Gasteiger partial charge on any atom is 0.272 e. The van der Waals surface area contributed by atoms with E-state index in [0.717, 1.165) is 18.4 Å². The van der Waals surface area contributed by atoms with E-state index in [1.807, 2.05) is 19.2 Å². The maximum atomic E-state index is 10.9. The van der Waals surface area contributed by atoms with E-state index in [9.17, 15) is 10.1 Å². The Labute approximate surface area is 109 Å². The van der Waals surface area contributed by atoms with Gasteiger partial charge in [0.2, 0.25) is 0 Å². The van der Waals surface area contributed by atoms with Gasteiger partial charge >= 0.3 is 0 Å². The minimum absolute atomic E-state index is 0.230. The fourth-order valence-corrected chi connectivity index (χ4v) is 2.12. The Balaban J connectivity index is 2.66. The molecule has 4 nitrogen and oxygen atoms in total. The first-order valence-electron chi connectivity index (χ1n) is 6.58. The van der Waals surface area contributed by atoms with Gasteiger partial charge in [0, 0.05) is 17.7 Å². The van der Waals surface area contributed by atoms with Crippen molar-refractivity contribution in [3.63, 3.8) is 0 Å². The quantitative estimate of drug-likeness (QED) is 0.437. The van der Waals surface area contributed by atoms with Crippen LogP contribution in [0.5, 0.6) is 0 Å². The van der Waals surface area contributed by atoms with Gasteiger partial charge in [0.15, 0.2) is 0 Å². The van der Waals surface area contributed by atoms with Crippen LogP contribution in [0.4, 0.5) is 5.69 Å². The second kappa shape index (κ2) is 7.82. The summed E-state index contributed by atoms with van der Waals surface area (Å²) in [4.78, 5) is 10.6. The van der Waals surface area contributed by atoms with Crippen molar-refractivity contribution in [3.8, 4) is 0 Å². The Morgan fingerprint density at radius 1 is 1.33 bits per heavy atom. The number of nitro groups is 1. The lowest BCUT2D eigenvalue weighted by atomic mass is 9.99. The second-order valence-corrected chi connectivity index (χ2v) is 4.57. The summed E-state index contributed by atoms with van der Waals surface area (Å²) in [5, 5.41) is 14.2. The number of nitro benzene ring substituents is 1. The van der Waals surface area contributed by atoms with E-state index in [4.69, 9.17) is 0 Å². The van der Waals surface area contributed by atoms with E-state index in [1.165, 1.54) is 19.3 Å². The van der Waals surface area contributed by atoms with Crippen molar-refractivity contribution in [1.82, 2.24) is 5.32 Å². The van der Waals surface area contributed by atoms with Crippen LogP contribution in [0.25, 0.3) is 0 Å². The molecule has 0 aromatic heterocycles. The van der Waals surface area contributed by atoms with Gasteiger partial charge in [-0.2, -0.15) is 0 Å². The maximum absolute atomic E-state index is 10.9. The van der Waals surface area contributed by atoms with Crippen molar-refractivity contribution >= 4 is 5.69 Å². The smallest absolute Gasteiger partial charge is 0.272 e. The molecule has 1 aromatic rings. The highest BCUT2D eigenvalue weighted by Crippen LogP contribution is 2.20. The summed E-state index contributed by atoms with van der Waals surface area (Å²) in [7, 11) is 1.92. The minimum Gasteiger partial charge on any atom is -0.317 e. The summed E-state index contributed by atoms with van der Waals surface area (Å²) in [6.45, 7) is 2.18. The number of nitrogens with zero attached hydrogens (tertiary/aromatic N) is 1. The summed E-state index contributed by atoms with van der Waals surface area (Å²) < 4.78 is 0. The van der Waals surface area contributed by atoms with E-state index in [1.54, 1.807) is 12.1 Å². The normalized spacial score (nSPS) is 12.3. The topological polar surface area (TPSA) is 55.2 Å². The Bertz CT molecular complexity index is 380. The van der Waals surface area contributed by atoms with Crippen LogP contribution in [0.1, 0.15) is 38.2 Å². The molecule has 1 atom stereocenters. The van der Waals surface area contributed by atoms with Gasteiger partial charge in [-0.25, -0.2) is 0 Å². The predicted molar refractivity (Wildman–Crippen MR) is 73.8 cm³/mol. The van der Waals surface area contributed by atoms with E-state index in [2.05, 4.69) is 12.2 Å². The average Bonchev–Trinajstić information content (AvgIpc) is 2.38. The molecule has 0 radical (unpaired) electrons. The third-order valence-electron chi connectivity index (χ3n) is 3.22. The van der Waals surface area contributed by atoms with Gasteiger partial charge in [0.1, 0.15) is 0 Å². The fraction of sp³-hybridized carbons (Fsp3) is 0.571. The standard InChI is InChI=1S/C14H22N2O2/c1-3-4-5-9-13(15-2)11-12-8-6-7-10-14(12)16(17)18/h6-8,10,13,15H,3-5,9,11H2,1-2H3. The molecule has 0 bridgehead atoms. The number of likely N-dealkylation sites (N-methyl/N-ethyl adjacent to an activating group) is 1. The molecule has 0 aliphatic heterocycles. The molecule has 0 saturated carbocycles. The largest absolute Gasteiger partial charge is 0.317 e. The van der Waals surface area contributed by atoms with Gasteiger partial charge in [0.05, 0.1) is 4.92 Å². The van der Waals surface area contributed by atoms with E-state index in [-0.39, 0.29) is 10.6 Å².